The number of halogens is 3. The molecule has 0 unspecified atom stereocenters. The summed E-state index contributed by atoms with van der Waals surface area (Å²) in [7, 11) is 0. The molecule has 0 atom stereocenters. The number of nitrogens with one attached hydrogen (secondary N) is 1. The second kappa shape index (κ2) is 6.33. The van der Waals surface area contributed by atoms with Gasteiger partial charge in [-0.25, -0.2) is 9.97 Å². The van der Waals surface area contributed by atoms with Gasteiger partial charge in [-0.1, -0.05) is 17.7 Å². The summed E-state index contributed by atoms with van der Waals surface area (Å²) in [6.07, 6.45) is 0. The molecular formula is C11H5BrCl2N4O3. The van der Waals surface area contributed by atoms with Crippen LogP contribution in [0.5, 0.6) is 0 Å². The number of rotatable bonds is 3. The van der Waals surface area contributed by atoms with Crippen LogP contribution < -0.4 is 5.32 Å². The first-order valence-electron chi connectivity index (χ1n) is 5.33. The van der Waals surface area contributed by atoms with Crippen molar-refractivity contribution in [3.8, 4) is 0 Å². The number of aromatic nitrogens is 2. The third kappa shape index (κ3) is 3.66. The van der Waals surface area contributed by atoms with Crippen LogP contribution in [0.15, 0.2) is 28.7 Å². The fraction of sp³-hybridized carbons (Fsp3) is 0. The van der Waals surface area contributed by atoms with Crippen LogP contribution in [0.2, 0.25) is 10.4 Å². The molecule has 7 nitrogen and oxygen atoms in total. The Morgan fingerprint density at radius 3 is 2.67 bits per heavy atom. The van der Waals surface area contributed by atoms with Crippen LogP contribution >= 0.6 is 39.1 Å². The van der Waals surface area contributed by atoms with Gasteiger partial charge in [-0.2, -0.15) is 0 Å². The lowest BCUT2D eigenvalue weighted by Gasteiger charge is -2.06. The quantitative estimate of drug-likeness (QED) is 0.372. The van der Waals surface area contributed by atoms with Crippen molar-refractivity contribution in [1.29, 1.82) is 0 Å². The molecule has 0 saturated carbocycles. The Kier molecular flexibility index (Phi) is 4.71. The number of carbonyl (C=O) groups excluding carboxylic acids is 1. The molecule has 0 saturated heterocycles. The Bertz CT molecular complexity index is 721. The van der Waals surface area contributed by atoms with Crippen molar-refractivity contribution < 1.29 is 9.72 Å². The van der Waals surface area contributed by atoms with E-state index in [0.717, 1.165) is 0 Å². The highest BCUT2D eigenvalue weighted by molar-refractivity contribution is 9.10. The number of benzene rings is 1. The van der Waals surface area contributed by atoms with E-state index in [9.17, 15) is 14.9 Å². The Hall–Kier alpha value is -1.77. The number of nitrogens with zero attached hydrogens (tertiary/aromatic N) is 3. The normalized spacial score (nSPS) is 10.2. The number of nitro benzene ring substituents is 1. The van der Waals surface area contributed by atoms with Gasteiger partial charge in [-0.05, 0) is 33.6 Å². The van der Waals surface area contributed by atoms with Crippen molar-refractivity contribution in [3.63, 3.8) is 0 Å². The molecule has 2 aromatic rings. The van der Waals surface area contributed by atoms with Crippen LogP contribution in [0, 0.1) is 10.1 Å². The summed E-state index contributed by atoms with van der Waals surface area (Å²) < 4.78 is 0.0683. The second-order valence-corrected chi connectivity index (χ2v) is 5.21. The molecule has 10 heteroatoms. The summed E-state index contributed by atoms with van der Waals surface area (Å²) in [5.74, 6) is -0.514. The van der Waals surface area contributed by atoms with Crippen LogP contribution in [0.3, 0.4) is 0 Å². The lowest BCUT2D eigenvalue weighted by atomic mass is 10.2. The Morgan fingerprint density at radius 1 is 1.33 bits per heavy atom. The lowest BCUT2D eigenvalue weighted by Crippen LogP contribution is -2.14. The summed E-state index contributed by atoms with van der Waals surface area (Å²) in [5, 5.41) is 13.2. The van der Waals surface area contributed by atoms with Crippen molar-refractivity contribution in [2.24, 2.45) is 0 Å². The van der Waals surface area contributed by atoms with E-state index < -0.39 is 10.8 Å². The van der Waals surface area contributed by atoms with Gasteiger partial charge in [0.1, 0.15) is 15.4 Å². The van der Waals surface area contributed by atoms with Gasteiger partial charge >= 0.3 is 0 Å². The maximum atomic E-state index is 12.1. The average molecular weight is 392 g/mol. The maximum absolute atomic E-state index is 12.1. The molecule has 0 fully saturated rings. The highest BCUT2D eigenvalue weighted by atomic mass is 79.9. The van der Waals surface area contributed by atoms with E-state index in [1.54, 1.807) is 0 Å². The molecule has 0 radical (unpaired) electrons. The van der Waals surface area contributed by atoms with Gasteiger partial charge < -0.3 is 5.32 Å². The number of hydrogen-bond donors (Lipinski definition) is 1. The minimum Gasteiger partial charge on any atom is -0.306 e. The minimum absolute atomic E-state index is 0.0587. The Morgan fingerprint density at radius 2 is 2.05 bits per heavy atom. The topological polar surface area (TPSA) is 98.0 Å². The molecule has 1 heterocycles. The van der Waals surface area contributed by atoms with Crippen LogP contribution in [-0.4, -0.2) is 20.8 Å². The average Bonchev–Trinajstić information content (AvgIpc) is 2.37. The Labute approximate surface area is 136 Å². The van der Waals surface area contributed by atoms with Gasteiger partial charge in [0.05, 0.1) is 10.5 Å². The zero-order valence-corrected chi connectivity index (χ0v) is 13.1. The van der Waals surface area contributed by atoms with Crippen LogP contribution in [0.4, 0.5) is 11.5 Å². The molecule has 0 aliphatic rings. The molecule has 21 heavy (non-hydrogen) atoms. The largest absolute Gasteiger partial charge is 0.306 e. The summed E-state index contributed by atoms with van der Waals surface area (Å²) in [6.45, 7) is 0. The second-order valence-electron chi connectivity index (χ2n) is 3.69. The maximum Gasteiger partial charge on any atom is 0.284 e. The first kappa shape index (κ1) is 15.6. The lowest BCUT2D eigenvalue weighted by molar-refractivity contribution is -0.385. The zero-order chi connectivity index (χ0) is 15.6. The first-order chi connectivity index (χ1) is 9.88. The smallest absolute Gasteiger partial charge is 0.284 e. The van der Waals surface area contributed by atoms with Crippen molar-refractivity contribution >= 4 is 56.5 Å². The van der Waals surface area contributed by atoms with Crippen molar-refractivity contribution in [2.75, 3.05) is 5.32 Å². The standard InChI is InChI=1S/C11H5BrCl2N4O3/c12-9-5(2-1-3-6(9)18(20)21)10(19)16-8-4-7(13)15-11(14)17-8/h1-4H,(H,15,16,17,19). The summed E-state index contributed by atoms with van der Waals surface area (Å²) in [4.78, 5) is 29.8. The van der Waals surface area contributed by atoms with Crippen molar-refractivity contribution in [1.82, 2.24) is 9.97 Å². The monoisotopic (exact) mass is 390 g/mol. The molecule has 0 bridgehead atoms. The molecular weight excluding hydrogens is 387 g/mol. The number of nitro groups is 1. The van der Waals surface area contributed by atoms with E-state index in [-0.39, 0.29) is 32.0 Å². The summed E-state index contributed by atoms with van der Waals surface area (Å²) >= 11 is 14.4. The van der Waals surface area contributed by atoms with Gasteiger partial charge in [0.25, 0.3) is 11.6 Å². The number of amides is 1. The summed E-state index contributed by atoms with van der Waals surface area (Å²) in [6, 6.07) is 5.41. The third-order valence-corrected chi connectivity index (χ3v) is 3.52. The third-order valence-electron chi connectivity index (χ3n) is 2.33. The molecule has 2 rings (SSSR count). The molecule has 0 aliphatic heterocycles. The minimum atomic E-state index is -0.601. The van der Waals surface area contributed by atoms with Gasteiger partial charge in [-0.3, -0.25) is 14.9 Å². The van der Waals surface area contributed by atoms with Crippen LogP contribution in [0.25, 0.3) is 0 Å². The van der Waals surface area contributed by atoms with E-state index in [4.69, 9.17) is 23.2 Å². The molecule has 1 aromatic heterocycles. The van der Waals surface area contributed by atoms with E-state index in [1.165, 1.54) is 24.3 Å². The van der Waals surface area contributed by atoms with E-state index in [0.29, 0.717) is 0 Å². The van der Waals surface area contributed by atoms with Gasteiger partial charge in [0, 0.05) is 12.1 Å². The Balaban J connectivity index is 2.33. The molecule has 108 valence electrons. The van der Waals surface area contributed by atoms with Gasteiger partial charge in [0.2, 0.25) is 5.28 Å². The SMILES string of the molecule is O=C(Nc1cc(Cl)nc(Cl)n1)c1cccc([N+](=O)[O-])c1Br. The first-order valence-corrected chi connectivity index (χ1v) is 6.87. The number of hydrogen-bond acceptors (Lipinski definition) is 5. The molecule has 0 aliphatic carbocycles. The molecule has 1 aromatic carbocycles. The van der Waals surface area contributed by atoms with E-state index in [2.05, 4.69) is 31.2 Å². The van der Waals surface area contributed by atoms with Crippen LogP contribution in [-0.2, 0) is 0 Å². The van der Waals surface area contributed by atoms with E-state index in [1.807, 2.05) is 0 Å². The highest BCUT2D eigenvalue weighted by Gasteiger charge is 2.20. The summed E-state index contributed by atoms with van der Waals surface area (Å²) in [5.41, 5.74) is -0.142. The van der Waals surface area contributed by atoms with Crippen LogP contribution in [0.1, 0.15) is 10.4 Å². The zero-order valence-electron chi connectivity index (χ0n) is 10.0. The van der Waals surface area contributed by atoms with E-state index >= 15 is 0 Å². The number of carbonyl (C=O) groups is 1. The number of anilines is 1. The molecule has 1 amide bonds. The van der Waals surface area contributed by atoms with Crippen molar-refractivity contribution in [2.45, 2.75) is 0 Å². The molecule has 1 N–H and O–H groups in total. The van der Waals surface area contributed by atoms with Gasteiger partial charge in [-0.15, -0.1) is 0 Å². The predicted molar refractivity (Wildman–Crippen MR) is 80.8 cm³/mol. The predicted octanol–water partition coefficient (Wildman–Crippen LogP) is 3.71. The van der Waals surface area contributed by atoms with Gasteiger partial charge in [0.15, 0.2) is 0 Å². The molecule has 0 spiro atoms. The fourth-order valence-electron chi connectivity index (χ4n) is 1.47. The van der Waals surface area contributed by atoms with Crippen molar-refractivity contribution in [3.05, 3.63) is 54.9 Å². The fourth-order valence-corrected chi connectivity index (χ4v) is 2.47. The highest BCUT2D eigenvalue weighted by Crippen LogP contribution is 2.28.